The van der Waals surface area contributed by atoms with Gasteiger partial charge in [-0.2, -0.15) is 5.10 Å². The summed E-state index contributed by atoms with van der Waals surface area (Å²) in [5.41, 5.74) is 1.09. The van der Waals surface area contributed by atoms with Gasteiger partial charge in [-0.05, 0) is 19.3 Å². The quantitative estimate of drug-likeness (QED) is 0.841. The molecule has 15 heavy (non-hydrogen) atoms. The normalized spacial score (nSPS) is 15.5. The van der Waals surface area contributed by atoms with Crippen LogP contribution in [0.3, 0.4) is 0 Å². The molecule has 0 unspecified atom stereocenters. The van der Waals surface area contributed by atoms with E-state index >= 15 is 0 Å². The Morgan fingerprint density at radius 1 is 1.67 bits per heavy atom. The van der Waals surface area contributed by atoms with Crippen molar-refractivity contribution in [2.75, 3.05) is 0 Å². The highest BCUT2D eigenvalue weighted by molar-refractivity contribution is 6.31. The van der Waals surface area contributed by atoms with Crippen molar-refractivity contribution in [3.05, 3.63) is 16.9 Å². The fourth-order valence-corrected chi connectivity index (χ4v) is 1.99. The van der Waals surface area contributed by atoms with Gasteiger partial charge >= 0.3 is 5.97 Å². The number of aryl methyl sites for hydroxylation is 1. The molecule has 0 atom stereocenters. The van der Waals surface area contributed by atoms with Crippen LogP contribution in [0.25, 0.3) is 0 Å². The van der Waals surface area contributed by atoms with Crippen LogP contribution in [0.15, 0.2) is 6.20 Å². The number of hydrogen-bond donors (Lipinski definition) is 1. The SMILES string of the molecule is O=C(O)CCCn1ncc(Cl)c1C1CC1. The fraction of sp³-hybridized carbons (Fsp3) is 0.600. The number of hydrogen-bond acceptors (Lipinski definition) is 2. The molecule has 82 valence electrons. The molecule has 5 heteroatoms. The maximum absolute atomic E-state index is 10.4. The van der Waals surface area contributed by atoms with E-state index in [-0.39, 0.29) is 6.42 Å². The molecule has 1 aromatic heterocycles. The molecule has 0 amide bonds. The van der Waals surface area contributed by atoms with E-state index in [0.29, 0.717) is 23.9 Å². The second-order valence-corrected chi connectivity index (χ2v) is 4.28. The van der Waals surface area contributed by atoms with E-state index in [1.165, 1.54) is 12.8 Å². The van der Waals surface area contributed by atoms with Crippen LogP contribution in [0.1, 0.15) is 37.3 Å². The molecule has 0 aromatic carbocycles. The fourth-order valence-electron chi connectivity index (χ4n) is 1.69. The molecule has 4 nitrogen and oxygen atoms in total. The maximum atomic E-state index is 10.4. The van der Waals surface area contributed by atoms with E-state index in [1.807, 2.05) is 4.68 Å². The number of rotatable bonds is 5. The van der Waals surface area contributed by atoms with Crippen LogP contribution in [0, 0.1) is 0 Å². The van der Waals surface area contributed by atoms with Gasteiger partial charge in [0, 0.05) is 18.9 Å². The standard InChI is InChI=1S/C10H13ClN2O2/c11-8-6-12-13(5-1-2-9(14)15)10(8)7-3-4-7/h6-7H,1-5H2,(H,14,15). The highest BCUT2D eigenvalue weighted by Crippen LogP contribution is 2.43. The predicted octanol–water partition coefficient (Wildman–Crippen LogP) is 2.28. The highest BCUT2D eigenvalue weighted by Gasteiger charge is 2.29. The Bertz CT molecular complexity index is 371. The first-order chi connectivity index (χ1) is 7.18. The smallest absolute Gasteiger partial charge is 0.303 e. The summed E-state index contributed by atoms with van der Waals surface area (Å²) in [6, 6.07) is 0. The van der Waals surface area contributed by atoms with Crippen LogP contribution >= 0.6 is 11.6 Å². The van der Waals surface area contributed by atoms with Crippen LogP contribution in [0.2, 0.25) is 5.02 Å². The molecule has 0 aliphatic heterocycles. The molecule has 0 bridgehead atoms. The molecule has 2 rings (SSSR count). The summed E-state index contributed by atoms with van der Waals surface area (Å²) in [6.07, 6.45) is 4.78. The second kappa shape index (κ2) is 4.23. The zero-order chi connectivity index (χ0) is 10.8. The van der Waals surface area contributed by atoms with Gasteiger partial charge in [-0.15, -0.1) is 0 Å². The first-order valence-corrected chi connectivity index (χ1v) is 5.49. The average Bonchev–Trinajstić information content (AvgIpc) is 2.92. The van der Waals surface area contributed by atoms with Gasteiger partial charge < -0.3 is 5.11 Å². The van der Waals surface area contributed by atoms with Crippen LogP contribution in [0.5, 0.6) is 0 Å². The van der Waals surface area contributed by atoms with Crippen LogP contribution in [-0.2, 0) is 11.3 Å². The molecule has 1 saturated carbocycles. The average molecular weight is 229 g/mol. The minimum absolute atomic E-state index is 0.182. The predicted molar refractivity (Wildman–Crippen MR) is 56.1 cm³/mol. The molecular weight excluding hydrogens is 216 g/mol. The number of carboxylic acid groups (broad SMARTS) is 1. The second-order valence-electron chi connectivity index (χ2n) is 3.87. The van der Waals surface area contributed by atoms with E-state index in [1.54, 1.807) is 6.20 Å². The number of carboxylic acids is 1. The summed E-state index contributed by atoms with van der Waals surface area (Å²) < 4.78 is 1.85. The molecule has 1 aromatic rings. The number of halogens is 1. The number of aromatic nitrogens is 2. The molecule has 1 aliphatic rings. The number of nitrogens with zero attached hydrogens (tertiary/aromatic N) is 2. The van der Waals surface area contributed by atoms with Crippen molar-refractivity contribution in [1.82, 2.24) is 9.78 Å². The molecule has 1 aliphatic carbocycles. The van der Waals surface area contributed by atoms with Gasteiger partial charge in [0.1, 0.15) is 0 Å². The largest absolute Gasteiger partial charge is 0.481 e. The van der Waals surface area contributed by atoms with Gasteiger partial charge in [0.25, 0.3) is 0 Å². The summed E-state index contributed by atoms with van der Waals surface area (Å²) >= 11 is 6.02. The first-order valence-electron chi connectivity index (χ1n) is 5.11. The lowest BCUT2D eigenvalue weighted by molar-refractivity contribution is -0.137. The Balaban J connectivity index is 1.98. The van der Waals surface area contributed by atoms with Gasteiger partial charge in [-0.25, -0.2) is 0 Å². The van der Waals surface area contributed by atoms with E-state index in [2.05, 4.69) is 5.10 Å². The van der Waals surface area contributed by atoms with E-state index in [9.17, 15) is 4.79 Å². The molecule has 0 saturated heterocycles. The van der Waals surface area contributed by atoms with Gasteiger partial charge in [-0.1, -0.05) is 11.6 Å². The lowest BCUT2D eigenvalue weighted by Gasteiger charge is -2.05. The summed E-state index contributed by atoms with van der Waals surface area (Å²) in [5, 5.41) is 13.4. The lowest BCUT2D eigenvalue weighted by atomic mass is 10.2. The van der Waals surface area contributed by atoms with Crippen LogP contribution in [0.4, 0.5) is 0 Å². The van der Waals surface area contributed by atoms with Crippen molar-refractivity contribution in [1.29, 1.82) is 0 Å². The third-order valence-electron chi connectivity index (χ3n) is 2.56. The van der Waals surface area contributed by atoms with Crippen molar-refractivity contribution < 1.29 is 9.90 Å². The van der Waals surface area contributed by atoms with Crippen LogP contribution < -0.4 is 0 Å². The van der Waals surface area contributed by atoms with Crippen molar-refractivity contribution in [2.45, 2.75) is 38.1 Å². The molecule has 1 fully saturated rings. The highest BCUT2D eigenvalue weighted by atomic mass is 35.5. The van der Waals surface area contributed by atoms with E-state index in [4.69, 9.17) is 16.7 Å². The van der Waals surface area contributed by atoms with Crippen molar-refractivity contribution in [2.24, 2.45) is 0 Å². The van der Waals surface area contributed by atoms with Crippen LogP contribution in [-0.4, -0.2) is 20.9 Å². The summed E-state index contributed by atoms with van der Waals surface area (Å²) in [4.78, 5) is 10.4. The van der Waals surface area contributed by atoms with Gasteiger partial charge in [-0.3, -0.25) is 9.48 Å². The third-order valence-corrected chi connectivity index (χ3v) is 2.85. The van der Waals surface area contributed by atoms with E-state index in [0.717, 1.165) is 5.69 Å². The molecule has 1 N–H and O–H groups in total. The van der Waals surface area contributed by atoms with Crippen molar-refractivity contribution in [3.8, 4) is 0 Å². The zero-order valence-electron chi connectivity index (χ0n) is 8.32. The van der Waals surface area contributed by atoms with Crippen molar-refractivity contribution in [3.63, 3.8) is 0 Å². The third kappa shape index (κ3) is 2.50. The van der Waals surface area contributed by atoms with Gasteiger partial charge in [0.15, 0.2) is 0 Å². The summed E-state index contributed by atoms with van der Waals surface area (Å²) in [6.45, 7) is 0.644. The first kappa shape index (κ1) is 10.5. The Labute approximate surface area is 92.8 Å². The maximum Gasteiger partial charge on any atom is 0.303 e. The van der Waals surface area contributed by atoms with Gasteiger partial charge in [0.05, 0.1) is 16.9 Å². The Morgan fingerprint density at radius 2 is 2.40 bits per heavy atom. The molecule has 0 spiro atoms. The minimum Gasteiger partial charge on any atom is -0.481 e. The summed E-state index contributed by atoms with van der Waals surface area (Å²) in [7, 11) is 0. The topological polar surface area (TPSA) is 55.1 Å². The lowest BCUT2D eigenvalue weighted by Crippen LogP contribution is -2.06. The molecule has 1 heterocycles. The minimum atomic E-state index is -0.763. The van der Waals surface area contributed by atoms with E-state index < -0.39 is 5.97 Å². The number of carbonyl (C=O) groups is 1. The number of aliphatic carboxylic acids is 1. The Kier molecular flexibility index (Phi) is 2.95. The Morgan fingerprint density at radius 3 is 3.00 bits per heavy atom. The molecular formula is C10H13ClN2O2. The van der Waals surface area contributed by atoms with Gasteiger partial charge in [0.2, 0.25) is 0 Å². The van der Waals surface area contributed by atoms with Crippen molar-refractivity contribution >= 4 is 17.6 Å². The molecule has 0 radical (unpaired) electrons. The zero-order valence-corrected chi connectivity index (χ0v) is 9.07. The monoisotopic (exact) mass is 228 g/mol. The Hall–Kier alpha value is -1.03. The summed E-state index contributed by atoms with van der Waals surface area (Å²) in [5.74, 6) is -0.217.